The summed E-state index contributed by atoms with van der Waals surface area (Å²) in [5, 5.41) is 51.6. The van der Waals surface area contributed by atoms with Crippen LogP contribution in [-0.4, -0.2) is 322 Å². The molecule has 135 heavy (non-hydrogen) atoms. The smallest absolute Gasteiger partial charge is 0.294 e. The third-order valence-electron chi connectivity index (χ3n) is 24.1. The maximum atomic E-state index is 16.0. The van der Waals surface area contributed by atoms with Gasteiger partial charge in [0.2, 0.25) is 100 Å². The summed E-state index contributed by atoms with van der Waals surface area (Å²) in [7, 11) is 3.89. The number of carbonyl (C=O) groups excluding carboxylic acids is 19. The number of likely N-dealkylation sites (N-methyl/N-ethyl adjacent to an activating group) is 3. The topological polar surface area (TPSA) is 657 Å². The standard InChI is InChI=1S/C90H128N22O23/c1-9-11-21-70-83(126)101-62(34-50(3)4)80(123)106-68(78(121)97-43-75(94)118)42-95-44-76(119)98-64(35-52-25-27-55(115)28-26-52)86(129)107(6)51(5)77(120)103-66(39-74(93)117)89(132)111-32-17-24-71(111)84(127)105-67(40-92)82(125)100-61(30-33-134-48-113)88(131)112-46-56(116)38-73(112)85(128)102-63(36-53-41-96-59-20-15-13-18-57(53)59)81(124)99-60(29-31-91)79(122)104-65(87(130)109(8)72(22-12-10-2)90(133)108(70)7)37-54-45-110(47-135-49-114)69-23-16-14-19-58(54)69/h13-16,18-20,23,25-28,41,45,48-51,56,60-68,70-73,95-96,115-116H,9-12,17,21-22,24,29-40,42-44,46-47,91-92H2,1-8H3,(H2,93,117)(H2,94,118)(H,97,121)(H,98,119)(H,99,124)(H,100,125)(H,101,126)(H,102,128)(H,103,120)(H,104,122)(H,105,127)(H,106,123)/t51-,56+,60-,61-,62?,63-,64-,65-,66-,67-,68-,70-,71-,72-,73-/m0/s1. The molecule has 0 aliphatic carbocycles. The molecule has 1 unspecified atom stereocenters. The number of nitrogens with zero attached hydrogens (tertiary/aromatic N) is 6. The molecule has 0 radical (unpaired) electrons. The number of aliphatic hydroxyl groups excluding tert-OH is 1. The second-order valence-electron chi connectivity index (χ2n) is 34.4. The van der Waals surface area contributed by atoms with E-state index in [1.54, 1.807) is 79.3 Å². The number of nitrogens with two attached hydrogens (primary N) is 4. The number of aromatic hydroxyl groups is 1. The molecule has 0 bridgehead atoms. The minimum atomic E-state index is -1.81. The molecule has 45 nitrogen and oxygen atoms in total. The molecular formula is C90H128N22O23. The third-order valence-corrected chi connectivity index (χ3v) is 24.1. The van der Waals surface area contributed by atoms with E-state index in [9.17, 15) is 67.7 Å². The van der Waals surface area contributed by atoms with E-state index in [2.05, 4.69) is 63.5 Å². The first-order valence-corrected chi connectivity index (χ1v) is 45.1. The van der Waals surface area contributed by atoms with Gasteiger partial charge >= 0.3 is 0 Å². The number of nitrogens with one attached hydrogen (secondary N) is 12. The number of unbranched alkanes of at least 4 members (excludes halogenated alkanes) is 2. The van der Waals surface area contributed by atoms with Gasteiger partial charge in [0.1, 0.15) is 90.3 Å². The van der Waals surface area contributed by atoms with Crippen molar-refractivity contribution in [3.8, 4) is 5.75 Å². The number of H-pyrrole nitrogens is 1. The molecule has 0 spiro atoms. The van der Waals surface area contributed by atoms with Crippen LogP contribution in [-0.2, 0) is 127 Å². The highest BCUT2D eigenvalue weighted by molar-refractivity contribution is 6.02. The fraction of sp³-hybridized carbons (Fsp3) is 0.544. The van der Waals surface area contributed by atoms with Gasteiger partial charge in [-0.2, -0.15) is 0 Å². The Hall–Kier alpha value is -13.7. The summed E-state index contributed by atoms with van der Waals surface area (Å²) < 4.78 is 11.7. The van der Waals surface area contributed by atoms with E-state index >= 15 is 33.6 Å². The van der Waals surface area contributed by atoms with Crippen LogP contribution < -0.4 is 81.4 Å². The minimum Gasteiger partial charge on any atom is -0.508 e. The molecule has 22 N–H and O–H groups in total. The van der Waals surface area contributed by atoms with Gasteiger partial charge in [0.05, 0.1) is 37.7 Å². The van der Waals surface area contributed by atoms with Gasteiger partial charge in [-0.25, -0.2) is 0 Å². The number of para-hydroxylation sites is 2. The normalized spacial score (nSPS) is 24.7. The second kappa shape index (κ2) is 51.5. The Kier molecular flexibility index (Phi) is 40.7. The van der Waals surface area contributed by atoms with E-state index in [0.717, 1.165) is 24.5 Å². The highest BCUT2D eigenvalue weighted by atomic mass is 16.5. The van der Waals surface area contributed by atoms with Crippen LogP contribution >= 0.6 is 0 Å². The lowest BCUT2D eigenvalue weighted by Crippen LogP contribution is -2.62. The molecule has 3 aliphatic rings. The monoisotopic (exact) mass is 1880 g/mol. The SMILES string of the molecule is CCCC[C@H]1C(=O)N(C)[C@@H](CCCC)C(=O)NC(CC(C)C)C(=O)N[C@H](C(=O)NCC(N)=O)CNCC(=O)N[C@@H](Cc2ccc(O)cc2)C(=O)N(C)[C@@H](C)C(=O)N[C@@H](CC(N)=O)C(=O)N2CCC[C@H]2C(=O)N[C@@H](CN)C(=O)N[C@@H](CCOC=O)C(=O)N2C[C@H](O)C[C@H]2C(=O)N[C@@H](Cc2c[nH]c3ccccc23)C(=O)N[C@@H](CCN)C(=O)N[C@@H](Cc2cn(COC=O)c3ccccc23)C(=O)N1C. The van der Waals surface area contributed by atoms with Gasteiger partial charge < -0.3 is 135 Å². The number of primary amides is 2. The Balaban J connectivity index is 1.21. The molecule has 3 aliphatic heterocycles. The molecule has 15 atom stereocenters. The molecule has 5 heterocycles. The van der Waals surface area contributed by atoms with Crippen LogP contribution in [0.2, 0.25) is 0 Å². The molecule has 3 saturated heterocycles. The van der Waals surface area contributed by atoms with E-state index in [0.29, 0.717) is 64.2 Å². The highest BCUT2D eigenvalue weighted by Gasteiger charge is 2.47. The number of aliphatic hydroxyl groups is 1. The van der Waals surface area contributed by atoms with Gasteiger partial charge in [-0.1, -0.05) is 102 Å². The summed E-state index contributed by atoms with van der Waals surface area (Å²) in [6, 6.07) is -2.88. The summed E-state index contributed by atoms with van der Waals surface area (Å²) in [5.41, 5.74) is 25.9. The Bertz CT molecular complexity index is 5050. The van der Waals surface area contributed by atoms with Crippen molar-refractivity contribution in [1.29, 1.82) is 0 Å². The van der Waals surface area contributed by atoms with E-state index in [-0.39, 0.29) is 102 Å². The van der Waals surface area contributed by atoms with Crippen molar-refractivity contribution >= 4 is 135 Å². The molecular weight excluding hydrogens is 1760 g/mol. The van der Waals surface area contributed by atoms with E-state index in [4.69, 9.17) is 32.4 Å². The number of hydrogen-bond acceptors (Lipinski definition) is 26. The van der Waals surface area contributed by atoms with E-state index < -0.39 is 250 Å². The van der Waals surface area contributed by atoms with Crippen LogP contribution in [0.3, 0.4) is 0 Å². The van der Waals surface area contributed by atoms with Gasteiger partial charge in [-0.15, -0.1) is 0 Å². The van der Waals surface area contributed by atoms with Crippen molar-refractivity contribution in [2.75, 3.05) is 73.6 Å². The number of phenols is 1. The molecule has 3 aromatic carbocycles. The molecule has 736 valence electrons. The molecule has 8 rings (SSSR count). The number of fused-ring (bicyclic) bond motifs is 4. The average molecular weight is 1890 g/mol. The summed E-state index contributed by atoms with van der Waals surface area (Å²) in [4.78, 5) is 281. The van der Waals surface area contributed by atoms with Crippen LogP contribution in [0.4, 0.5) is 0 Å². The number of benzene rings is 3. The predicted molar refractivity (Wildman–Crippen MR) is 487 cm³/mol. The molecule has 5 aromatic rings. The number of rotatable bonds is 29. The van der Waals surface area contributed by atoms with Crippen LogP contribution in [0.5, 0.6) is 5.75 Å². The molecule has 2 aromatic heterocycles. The first kappa shape index (κ1) is 107. The fourth-order valence-electron chi connectivity index (χ4n) is 16.6. The fourth-order valence-corrected chi connectivity index (χ4v) is 16.6. The Morgan fingerprint density at radius 3 is 1.79 bits per heavy atom. The van der Waals surface area contributed by atoms with Gasteiger partial charge in [0.15, 0.2) is 6.73 Å². The zero-order valence-electron chi connectivity index (χ0n) is 77.1. The molecule has 17 amide bonds. The zero-order valence-corrected chi connectivity index (χ0v) is 77.1. The number of hydrogen-bond donors (Lipinski definition) is 18. The number of carbonyl (C=O) groups is 19. The van der Waals surface area contributed by atoms with Crippen molar-refractivity contribution in [1.82, 2.24) is 92.5 Å². The van der Waals surface area contributed by atoms with Crippen molar-refractivity contribution in [3.05, 3.63) is 102 Å². The van der Waals surface area contributed by atoms with E-state index in [1.807, 2.05) is 13.8 Å². The lowest BCUT2D eigenvalue weighted by molar-refractivity contribution is -0.149. The summed E-state index contributed by atoms with van der Waals surface area (Å²) in [6.07, 6.45) is 0.271. The predicted octanol–water partition coefficient (Wildman–Crippen LogP) is -4.82. The van der Waals surface area contributed by atoms with Crippen molar-refractivity contribution in [3.63, 3.8) is 0 Å². The first-order chi connectivity index (χ1) is 64.4. The third kappa shape index (κ3) is 29.7. The summed E-state index contributed by atoms with van der Waals surface area (Å²) in [5.74, 6) is -17.1. The van der Waals surface area contributed by atoms with Crippen molar-refractivity contribution in [2.45, 2.75) is 235 Å². The largest absolute Gasteiger partial charge is 0.508 e. The maximum absolute atomic E-state index is 16.0. The van der Waals surface area contributed by atoms with Gasteiger partial charge in [0.25, 0.3) is 12.9 Å². The van der Waals surface area contributed by atoms with Crippen LogP contribution in [0.1, 0.15) is 135 Å². The van der Waals surface area contributed by atoms with Crippen LogP contribution in [0, 0.1) is 5.92 Å². The number of phenolic OH excluding ortho intramolecular Hbond substituents is 1. The van der Waals surface area contributed by atoms with Crippen molar-refractivity contribution < 1.29 is 111 Å². The minimum absolute atomic E-state index is 0.00469. The first-order valence-electron chi connectivity index (χ1n) is 45.1. The Labute approximate surface area is 779 Å². The second-order valence-corrected chi connectivity index (χ2v) is 34.4. The molecule has 0 saturated carbocycles. The Morgan fingerprint density at radius 2 is 1.13 bits per heavy atom. The van der Waals surface area contributed by atoms with Crippen molar-refractivity contribution in [2.24, 2.45) is 28.9 Å². The number of ether oxygens (including phenoxy) is 2. The van der Waals surface area contributed by atoms with Gasteiger partial charge in [-0.05, 0) is 98.9 Å². The average Bonchev–Trinajstić information content (AvgIpc) is 1.67. The molecule has 3 fully saturated rings. The summed E-state index contributed by atoms with van der Waals surface area (Å²) >= 11 is 0. The summed E-state index contributed by atoms with van der Waals surface area (Å²) in [6.45, 7) is 4.21. The number of amides is 17. The quantitative estimate of drug-likeness (QED) is 0.0158. The number of aromatic nitrogens is 2. The number of aromatic amines is 1. The lowest BCUT2D eigenvalue weighted by Gasteiger charge is -2.36. The lowest BCUT2D eigenvalue weighted by atomic mass is 9.99. The van der Waals surface area contributed by atoms with Gasteiger partial charge in [-0.3, -0.25) is 91.1 Å². The van der Waals surface area contributed by atoms with E-state index in [1.165, 1.54) is 52.3 Å². The highest BCUT2D eigenvalue weighted by Crippen LogP contribution is 2.29. The van der Waals surface area contributed by atoms with Gasteiger partial charge in [0, 0.05) is 108 Å². The Morgan fingerprint density at radius 1 is 0.563 bits per heavy atom. The molecule has 45 heteroatoms. The van der Waals surface area contributed by atoms with Crippen LogP contribution in [0.15, 0.2) is 85.2 Å². The van der Waals surface area contributed by atoms with Crippen LogP contribution in [0.25, 0.3) is 21.8 Å². The maximum Gasteiger partial charge on any atom is 0.294 e. The zero-order chi connectivity index (χ0) is 99.0.